The average molecular weight is 190 g/mol. The van der Waals surface area contributed by atoms with Crippen LogP contribution >= 0.6 is 0 Å². The van der Waals surface area contributed by atoms with E-state index in [0.29, 0.717) is 10.5 Å². The molecule has 0 atom stereocenters. The summed E-state index contributed by atoms with van der Waals surface area (Å²) in [5.41, 5.74) is 0. The van der Waals surface area contributed by atoms with Crippen molar-refractivity contribution in [2.24, 2.45) is 0 Å². The van der Waals surface area contributed by atoms with Crippen LogP contribution in [0.4, 0.5) is 0 Å². The third-order valence-corrected chi connectivity index (χ3v) is 0.632. The summed E-state index contributed by atoms with van der Waals surface area (Å²) in [6.07, 6.45) is 0. The topological polar surface area (TPSA) is 49.7 Å². The van der Waals surface area contributed by atoms with Crippen molar-refractivity contribution >= 4 is 96.0 Å². The molecule has 0 unspecified atom stereocenters. The summed E-state index contributed by atoms with van der Waals surface area (Å²) in [4.78, 5) is 0. The summed E-state index contributed by atoms with van der Waals surface area (Å²) in [5, 5.41) is 15.5. The average Bonchev–Trinajstić information content (AvgIpc) is 1.38. The first-order chi connectivity index (χ1) is 2.27. The third-order valence-electron chi connectivity index (χ3n) is 0.211. The Kier molecular flexibility index (Phi) is 45.9. The van der Waals surface area contributed by atoms with Crippen molar-refractivity contribution in [3.63, 3.8) is 0 Å². The quantitative estimate of drug-likeness (QED) is 0.412. The molecule has 3 nitrogen and oxygen atoms in total. The second-order valence-corrected chi connectivity index (χ2v) is 1.03. The smallest absolute Gasteiger partial charge is 1.00 e. The molecule has 0 aromatic carbocycles. The van der Waals surface area contributed by atoms with Crippen LogP contribution in [-0.2, 0) is 4.34 Å². The first-order valence-electron chi connectivity index (χ1n) is 1.16. The van der Waals surface area contributed by atoms with Gasteiger partial charge in [-0.3, -0.25) is 0 Å². The molecule has 0 aliphatic carbocycles. The van der Waals surface area contributed by atoms with Crippen molar-refractivity contribution in [3.8, 4) is 0 Å². The van der Waals surface area contributed by atoms with Crippen LogP contribution in [0.1, 0.15) is 5.71 Å². The summed E-state index contributed by atoms with van der Waals surface area (Å²) < 4.78 is 4.00. The Morgan fingerprint density at radius 2 is 1.62 bits per heavy atom. The Morgan fingerprint density at radius 1 is 1.50 bits per heavy atom. The van der Waals surface area contributed by atoms with Crippen molar-refractivity contribution in [3.05, 3.63) is 0 Å². The molecule has 0 aromatic heterocycles. The number of hydrogen-bond acceptors (Lipinski definition) is 3. The van der Waals surface area contributed by atoms with Gasteiger partial charge in [0.1, 0.15) is 10.5 Å². The molecule has 0 aromatic rings. The van der Waals surface area contributed by atoms with Gasteiger partial charge in [0.2, 0.25) is 0 Å². The van der Waals surface area contributed by atoms with Crippen LogP contribution in [-0.4, -0.2) is 106 Å². The van der Waals surface area contributed by atoms with Crippen molar-refractivity contribution in [2.75, 3.05) is 0 Å². The fourth-order valence-electron chi connectivity index (χ4n) is 0. The van der Waals surface area contributed by atoms with Gasteiger partial charge in [0.05, 0.1) is 0 Å². The van der Waals surface area contributed by atoms with Crippen LogP contribution in [0, 0.1) is 0 Å². The third kappa shape index (κ3) is 23.3. The fourth-order valence-corrected chi connectivity index (χ4v) is 0. The van der Waals surface area contributed by atoms with E-state index in [9.17, 15) is 0 Å². The van der Waals surface area contributed by atoms with Gasteiger partial charge in [-0.05, 0) is 0 Å². The monoisotopic (exact) mass is 190 g/mol. The van der Waals surface area contributed by atoms with E-state index in [-0.39, 0.29) is 83.9 Å². The molecule has 0 spiro atoms. The second kappa shape index (κ2) is 16.4. The van der Waals surface area contributed by atoms with Gasteiger partial charge in [-0.25, -0.2) is 0 Å². The Bertz CT molecular complexity index is 44.3. The molecule has 0 amide bonds. The summed E-state index contributed by atoms with van der Waals surface area (Å²) in [6, 6.07) is 0. The molecule has 0 aliphatic heterocycles. The molecule has 0 bridgehead atoms. The van der Waals surface area contributed by atoms with Gasteiger partial charge in [-0.15, -0.1) is 0 Å². The van der Waals surface area contributed by atoms with Crippen molar-refractivity contribution < 1.29 is 20.1 Å². The molecule has 0 aliphatic rings. The SMILES string of the molecule is OB(O)O[SiH3].[AlH3].[Ca+2].[H-].[H-].[H-].[H-].[Mg+2]. The van der Waals surface area contributed by atoms with E-state index >= 15 is 0 Å². The predicted molar refractivity (Wildman–Crippen MR) is 47.1 cm³/mol. The fraction of sp³-hybridized carbons (Fsp3) is 0. The zero-order valence-corrected chi connectivity index (χ0v) is 9.92. The Morgan fingerprint density at radius 3 is 1.62 bits per heavy atom. The van der Waals surface area contributed by atoms with Crippen LogP contribution in [0.15, 0.2) is 0 Å². The molecule has 0 fully saturated rings. The Balaban J connectivity index is -0.00000000381. The van der Waals surface area contributed by atoms with Gasteiger partial charge in [-0.1, -0.05) is 0 Å². The van der Waals surface area contributed by atoms with Crippen LogP contribution in [0.2, 0.25) is 0 Å². The maximum atomic E-state index is 7.73. The summed E-state index contributed by atoms with van der Waals surface area (Å²) in [6.45, 7) is 0. The van der Waals surface area contributed by atoms with Crippen LogP contribution in [0.25, 0.3) is 0 Å². The van der Waals surface area contributed by atoms with E-state index in [2.05, 4.69) is 4.34 Å². The second-order valence-electron chi connectivity index (χ2n) is 0.562. The Labute approximate surface area is 114 Å². The maximum absolute atomic E-state index is 7.73. The molecule has 2 N–H and O–H groups in total. The first kappa shape index (κ1) is 22.4. The molecular formula is H12AlBCaMgO3Si. The summed E-state index contributed by atoms with van der Waals surface area (Å²) in [5.74, 6) is 0. The van der Waals surface area contributed by atoms with Crippen molar-refractivity contribution in [2.45, 2.75) is 0 Å². The molecular weight excluding hydrogens is 178 g/mol. The van der Waals surface area contributed by atoms with Gasteiger partial charge in [0.15, 0.2) is 17.4 Å². The van der Waals surface area contributed by atoms with E-state index in [1.807, 2.05) is 0 Å². The largest absolute Gasteiger partial charge is 2.00 e. The number of rotatable bonds is 1. The van der Waals surface area contributed by atoms with Gasteiger partial charge in [0.25, 0.3) is 0 Å². The van der Waals surface area contributed by atoms with Crippen LogP contribution < -0.4 is 0 Å². The van der Waals surface area contributed by atoms with Gasteiger partial charge in [0, 0.05) is 0 Å². The van der Waals surface area contributed by atoms with E-state index in [0.717, 1.165) is 0 Å². The minimum atomic E-state index is -1.55. The maximum Gasteiger partial charge on any atom is 2.00 e. The molecule has 0 heterocycles. The van der Waals surface area contributed by atoms with E-state index < -0.39 is 7.32 Å². The molecule has 8 heavy (non-hydrogen) atoms. The predicted octanol–water partition coefficient (Wildman–Crippen LogP) is -4.24. The van der Waals surface area contributed by atoms with Crippen LogP contribution in [0.5, 0.6) is 0 Å². The zero-order chi connectivity index (χ0) is 4.28. The standard InChI is InChI=1S/Al.BH5O3Si.Ca.Mg.7H/c;2-1(3)4-5;;;;;;;;;/h;2-3H,5H3;;;;;;;;;/q;;2*+2;;;;4*-1. The molecule has 8 heteroatoms. The van der Waals surface area contributed by atoms with Gasteiger partial charge < -0.3 is 20.1 Å². The first-order valence-corrected chi connectivity index (χ1v) is 1.98. The van der Waals surface area contributed by atoms with Crippen LogP contribution in [0.3, 0.4) is 0 Å². The summed E-state index contributed by atoms with van der Waals surface area (Å²) >= 11 is 0. The van der Waals surface area contributed by atoms with E-state index in [1.165, 1.54) is 0 Å². The molecule has 0 saturated carbocycles. The molecule has 0 rings (SSSR count). The Hall–Kier alpha value is 2.72. The van der Waals surface area contributed by atoms with Crippen molar-refractivity contribution in [1.82, 2.24) is 0 Å². The molecule has 0 radical (unpaired) electrons. The van der Waals surface area contributed by atoms with Crippen molar-refractivity contribution in [1.29, 1.82) is 0 Å². The van der Waals surface area contributed by atoms with Gasteiger partial charge >= 0.3 is 68.1 Å². The summed E-state index contributed by atoms with van der Waals surface area (Å²) in [7, 11) is -1.18. The minimum absolute atomic E-state index is 0. The number of hydrogen-bond donors (Lipinski definition) is 2. The van der Waals surface area contributed by atoms with E-state index in [1.54, 1.807) is 0 Å². The van der Waals surface area contributed by atoms with Gasteiger partial charge in [-0.2, -0.15) is 0 Å². The zero-order valence-electron chi connectivity index (χ0n) is 8.29. The molecule has 44 valence electrons. The normalized spacial score (nSPS) is 5.25. The minimum Gasteiger partial charge on any atom is -1.00 e. The molecule has 0 saturated heterocycles. The van der Waals surface area contributed by atoms with E-state index in [4.69, 9.17) is 10.0 Å².